The fourth-order valence-electron chi connectivity index (χ4n) is 3.28. The zero-order valence-corrected chi connectivity index (χ0v) is 15.1. The van der Waals surface area contributed by atoms with Crippen LogP contribution in [0.5, 0.6) is 0 Å². The summed E-state index contributed by atoms with van der Waals surface area (Å²) < 4.78 is 17.5. The molecule has 0 atom stereocenters. The number of aromatic nitrogens is 7. The topological polar surface area (TPSA) is 74.3 Å². The smallest absolute Gasteiger partial charge is 0.250 e. The molecule has 0 aliphatic heterocycles. The van der Waals surface area contributed by atoms with Crippen LogP contribution in [0, 0.1) is 5.82 Å². The van der Waals surface area contributed by atoms with Crippen molar-refractivity contribution in [2.45, 2.75) is 31.7 Å². The molecule has 1 aliphatic rings. The molecule has 0 amide bonds. The lowest BCUT2D eigenvalue weighted by Crippen LogP contribution is -2.02. The van der Waals surface area contributed by atoms with Gasteiger partial charge >= 0.3 is 0 Å². The molecule has 1 saturated carbocycles. The largest absolute Gasteiger partial charge is 0.253 e. The first-order chi connectivity index (χ1) is 13.8. The molecule has 0 saturated heterocycles. The van der Waals surface area contributed by atoms with Crippen molar-refractivity contribution in [1.29, 1.82) is 0 Å². The molecule has 5 rings (SSSR count). The third kappa shape index (κ3) is 3.28. The Bertz CT molecular complexity index is 1080. The van der Waals surface area contributed by atoms with Gasteiger partial charge in [-0.3, -0.25) is 4.68 Å². The first kappa shape index (κ1) is 16.7. The van der Waals surface area contributed by atoms with Crippen molar-refractivity contribution in [2.75, 3.05) is 0 Å². The van der Waals surface area contributed by atoms with E-state index in [1.165, 1.54) is 30.8 Å². The molecule has 4 aromatic rings. The molecule has 0 bridgehead atoms. The lowest BCUT2D eigenvalue weighted by atomic mass is 10.1. The molecule has 140 valence electrons. The van der Waals surface area contributed by atoms with Gasteiger partial charge in [0.2, 0.25) is 5.95 Å². The Hall–Kier alpha value is -3.42. The summed E-state index contributed by atoms with van der Waals surface area (Å²) in [5.74, 6) is 0.711. The van der Waals surface area contributed by atoms with Crippen LogP contribution in [0.15, 0.2) is 55.5 Å². The minimum atomic E-state index is -0.288. The Kier molecular flexibility index (Phi) is 4.16. The maximum absolute atomic E-state index is 14.0. The number of halogens is 1. The highest BCUT2D eigenvalue weighted by Gasteiger charge is 2.29. The van der Waals surface area contributed by atoms with Gasteiger partial charge in [-0.25, -0.2) is 24.0 Å². The summed E-state index contributed by atoms with van der Waals surface area (Å²) in [5, 5.41) is 8.89. The van der Waals surface area contributed by atoms with Crippen LogP contribution in [-0.4, -0.2) is 34.5 Å². The van der Waals surface area contributed by atoms with Gasteiger partial charge in [0.25, 0.3) is 0 Å². The number of rotatable bonds is 6. The molecular weight excluding hydrogens is 357 g/mol. The van der Waals surface area contributed by atoms with E-state index in [1.807, 2.05) is 10.9 Å². The molecule has 0 radical (unpaired) electrons. The molecule has 1 fully saturated rings. The SMILES string of the molecule is Fc1ccccc1-c1cnc(-n2cc(CCn3cncn3)c(C3CC3)n2)nc1. The van der Waals surface area contributed by atoms with E-state index in [4.69, 9.17) is 5.10 Å². The van der Waals surface area contributed by atoms with E-state index in [1.54, 1.807) is 41.6 Å². The number of hydrogen-bond acceptors (Lipinski definition) is 5. The van der Waals surface area contributed by atoms with Crippen molar-refractivity contribution in [3.63, 3.8) is 0 Å². The molecule has 3 heterocycles. The fourth-order valence-corrected chi connectivity index (χ4v) is 3.28. The van der Waals surface area contributed by atoms with Crippen molar-refractivity contribution in [3.05, 3.63) is 72.6 Å². The van der Waals surface area contributed by atoms with Gasteiger partial charge in [-0.1, -0.05) is 18.2 Å². The Morgan fingerprint density at radius 3 is 2.64 bits per heavy atom. The lowest BCUT2D eigenvalue weighted by Gasteiger charge is -2.04. The third-order valence-electron chi connectivity index (χ3n) is 4.89. The minimum absolute atomic E-state index is 0.288. The van der Waals surface area contributed by atoms with E-state index in [0.29, 0.717) is 23.0 Å². The molecule has 1 aromatic carbocycles. The van der Waals surface area contributed by atoms with Crippen molar-refractivity contribution in [1.82, 2.24) is 34.5 Å². The van der Waals surface area contributed by atoms with Crippen LogP contribution in [0.25, 0.3) is 17.1 Å². The van der Waals surface area contributed by atoms with E-state index in [2.05, 4.69) is 20.1 Å². The second-order valence-corrected chi connectivity index (χ2v) is 6.92. The third-order valence-corrected chi connectivity index (χ3v) is 4.89. The standard InChI is InChI=1S/C20H18FN7/c21-18-4-2-1-3-17(18)16-9-23-20(24-10-16)28-11-15(19(26-28)14-5-6-14)7-8-27-13-22-12-25-27/h1-4,9-14H,5-8H2. The van der Waals surface area contributed by atoms with E-state index < -0.39 is 0 Å². The number of nitrogens with zero attached hydrogens (tertiary/aromatic N) is 7. The van der Waals surface area contributed by atoms with Crippen LogP contribution in [0.4, 0.5) is 4.39 Å². The van der Waals surface area contributed by atoms with Gasteiger partial charge in [-0.05, 0) is 30.9 Å². The molecule has 0 unspecified atom stereocenters. The second-order valence-electron chi connectivity index (χ2n) is 6.92. The number of hydrogen-bond donors (Lipinski definition) is 0. The summed E-state index contributed by atoms with van der Waals surface area (Å²) in [6, 6.07) is 6.61. The minimum Gasteiger partial charge on any atom is -0.253 e. The Morgan fingerprint density at radius 1 is 1.11 bits per heavy atom. The fraction of sp³-hybridized carbons (Fsp3) is 0.250. The maximum Gasteiger partial charge on any atom is 0.250 e. The van der Waals surface area contributed by atoms with E-state index in [0.717, 1.165) is 18.7 Å². The molecule has 7 nitrogen and oxygen atoms in total. The highest BCUT2D eigenvalue weighted by Crippen LogP contribution is 2.41. The predicted octanol–water partition coefficient (Wildman–Crippen LogP) is 3.18. The highest BCUT2D eigenvalue weighted by atomic mass is 19.1. The number of aryl methyl sites for hydroxylation is 2. The summed E-state index contributed by atoms with van der Waals surface area (Å²) in [6.07, 6.45) is 11.7. The van der Waals surface area contributed by atoms with Gasteiger partial charge in [0, 0.05) is 42.2 Å². The molecule has 0 spiro atoms. The van der Waals surface area contributed by atoms with Crippen LogP contribution < -0.4 is 0 Å². The van der Waals surface area contributed by atoms with E-state index in [9.17, 15) is 4.39 Å². The summed E-state index contributed by atoms with van der Waals surface area (Å²) in [7, 11) is 0. The average Bonchev–Trinajstić information content (AvgIpc) is 3.26. The molecule has 1 aliphatic carbocycles. The van der Waals surface area contributed by atoms with Crippen molar-refractivity contribution >= 4 is 0 Å². The van der Waals surface area contributed by atoms with Crippen LogP contribution in [0.3, 0.4) is 0 Å². The molecule has 28 heavy (non-hydrogen) atoms. The van der Waals surface area contributed by atoms with E-state index >= 15 is 0 Å². The Morgan fingerprint density at radius 2 is 1.93 bits per heavy atom. The van der Waals surface area contributed by atoms with Gasteiger partial charge < -0.3 is 0 Å². The number of benzene rings is 1. The predicted molar refractivity (Wildman–Crippen MR) is 100 cm³/mol. The highest BCUT2D eigenvalue weighted by molar-refractivity contribution is 5.62. The summed E-state index contributed by atoms with van der Waals surface area (Å²) in [6.45, 7) is 0.749. The van der Waals surface area contributed by atoms with Gasteiger partial charge in [-0.2, -0.15) is 10.2 Å². The summed E-state index contributed by atoms with van der Waals surface area (Å²) in [4.78, 5) is 12.8. The average molecular weight is 375 g/mol. The Balaban J connectivity index is 1.41. The van der Waals surface area contributed by atoms with Gasteiger partial charge in [-0.15, -0.1) is 0 Å². The molecule has 3 aromatic heterocycles. The monoisotopic (exact) mass is 375 g/mol. The lowest BCUT2D eigenvalue weighted by molar-refractivity contribution is 0.611. The zero-order valence-electron chi connectivity index (χ0n) is 15.1. The molecular formula is C20H18FN7. The normalized spacial score (nSPS) is 13.8. The first-order valence-electron chi connectivity index (χ1n) is 9.26. The second kappa shape index (κ2) is 6.95. The van der Waals surface area contributed by atoms with Gasteiger partial charge in [0.05, 0.1) is 5.69 Å². The van der Waals surface area contributed by atoms with Crippen LogP contribution in [-0.2, 0) is 13.0 Å². The zero-order chi connectivity index (χ0) is 18.9. The van der Waals surface area contributed by atoms with Crippen LogP contribution in [0.2, 0.25) is 0 Å². The van der Waals surface area contributed by atoms with Crippen molar-refractivity contribution in [2.24, 2.45) is 0 Å². The van der Waals surface area contributed by atoms with Crippen LogP contribution >= 0.6 is 0 Å². The van der Waals surface area contributed by atoms with Crippen molar-refractivity contribution < 1.29 is 4.39 Å². The van der Waals surface area contributed by atoms with Crippen molar-refractivity contribution in [3.8, 4) is 17.1 Å². The quantitative estimate of drug-likeness (QED) is 0.517. The van der Waals surface area contributed by atoms with E-state index in [-0.39, 0.29) is 5.82 Å². The molecule has 8 heteroatoms. The first-order valence-corrected chi connectivity index (χ1v) is 9.26. The van der Waals surface area contributed by atoms with Crippen LogP contribution in [0.1, 0.15) is 30.0 Å². The maximum atomic E-state index is 14.0. The Labute approximate surface area is 160 Å². The van der Waals surface area contributed by atoms with Gasteiger partial charge in [0.1, 0.15) is 18.5 Å². The van der Waals surface area contributed by atoms with Gasteiger partial charge in [0.15, 0.2) is 0 Å². The summed E-state index contributed by atoms with van der Waals surface area (Å²) in [5.41, 5.74) is 3.42. The molecule has 0 N–H and O–H groups in total. The summed E-state index contributed by atoms with van der Waals surface area (Å²) >= 11 is 0.